The molecule has 0 unspecified atom stereocenters. The highest BCUT2D eigenvalue weighted by Crippen LogP contribution is 2.18. The van der Waals surface area contributed by atoms with Gasteiger partial charge >= 0.3 is 0 Å². The molecule has 0 saturated heterocycles. The van der Waals surface area contributed by atoms with Gasteiger partial charge in [-0.1, -0.05) is 23.7 Å². The molecule has 0 amide bonds. The van der Waals surface area contributed by atoms with Gasteiger partial charge in [-0.05, 0) is 23.8 Å². The number of nitrogens with zero attached hydrogens (tertiary/aromatic N) is 2. The zero-order chi connectivity index (χ0) is 12.3. The Morgan fingerprint density at radius 3 is 2.53 bits per heavy atom. The highest BCUT2D eigenvalue weighted by molar-refractivity contribution is 6.71. The van der Waals surface area contributed by atoms with Crippen LogP contribution < -0.4 is 16.0 Å². The van der Waals surface area contributed by atoms with Gasteiger partial charge in [-0.25, -0.2) is 10.8 Å². The molecule has 1 heterocycles. The van der Waals surface area contributed by atoms with E-state index in [2.05, 4.69) is 15.4 Å². The van der Waals surface area contributed by atoms with E-state index in [-0.39, 0.29) is 0 Å². The summed E-state index contributed by atoms with van der Waals surface area (Å²) in [7, 11) is 1.62. The fraction of sp³-hybridized carbons (Fsp3) is 0.0909. The highest BCUT2D eigenvalue weighted by Gasteiger charge is 2.13. The summed E-state index contributed by atoms with van der Waals surface area (Å²) in [5.74, 6) is 6.30. The topological polar surface area (TPSA) is 72.0 Å². The lowest BCUT2D eigenvalue weighted by Gasteiger charge is -1.99. The van der Waals surface area contributed by atoms with Crippen LogP contribution in [-0.4, -0.2) is 18.2 Å². The molecule has 0 radical (unpaired) electrons. The smallest absolute Gasteiger partial charge is 0.239 e. The summed E-state index contributed by atoms with van der Waals surface area (Å²) in [5, 5.41) is 0.314. The van der Waals surface area contributed by atoms with Crippen molar-refractivity contribution in [1.29, 1.82) is 0 Å². The van der Waals surface area contributed by atoms with Gasteiger partial charge in [-0.15, -0.1) is 0 Å². The van der Waals surface area contributed by atoms with E-state index < -0.39 is 0 Å². The van der Waals surface area contributed by atoms with Crippen LogP contribution in [0.2, 0.25) is 0 Å². The van der Waals surface area contributed by atoms with E-state index >= 15 is 0 Å². The number of benzene rings is 1. The zero-order valence-corrected chi connectivity index (χ0v) is 9.90. The number of allylic oxidation sites excluding steroid dienone is 1. The van der Waals surface area contributed by atoms with Gasteiger partial charge in [0.05, 0.1) is 7.11 Å². The molecule has 1 aromatic rings. The summed E-state index contributed by atoms with van der Waals surface area (Å²) in [5.41, 5.74) is 3.87. The minimum Gasteiger partial charge on any atom is -0.497 e. The molecule has 2 rings (SSSR count). The number of rotatable bonds is 2. The summed E-state index contributed by atoms with van der Waals surface area (Å²) in [6.45, 7) is 0. The van der Waals surface area contributed by atoms with E-state index in [1.54, 1.807) is 7.11 Å². The Morgan fingerprint density at radius 2 is 2.00 bits per heavy atom. The van der Waals surface area contributed by atoms with Crippen LogP contribution in [0.25, 0.3) is 6.08 Å². The van der Waals surface area contributed by atoms with Crippen molar-refractivity contribution >= 4 is 28.8 Å². The van der Waals surface area contributed by atoms with Crippen LogP contribution in [0.3, 0.4) is 0 Å². The SMILES string of the molecule is COc1ccc(/C=C2\N=C(NN)N=C2Cl)cc1. The van der Waals surface area contributed by atoms with E-state index in [1.165, 1.54) is 0 Å². The maximum atomic E-state index is 5.91. The second-order valence-corrected chi connectivity index (χ2v) is 3.64. The van der Waals surface area contributed by atoms with Gasteiger partial charge < -0.3 is 4.74 Å². The third kappa shape index (κ3) is 2.64. The van der Waals surface area contributed by atoms with Crippen LogP contribution in [-0.2, 0) is 0 Å². The molecule has 0 fully saturated rings. The zero-order valence-electron chi connectivity index (χ0n) is 9.14. The van der Waals surface area contributed by atoms with Crippen molar-refractivity contribution in [2.75, 3.05) is 7.11 Å². The molecule has 1 aliphatic rings. The summed E-state index contributed by atoms with van der Waals surface area (Å²) in [6, 6.07) is 7.52. The normalized spacial score (nSPS) is 16.8. The Bertz CT molecular complexity index is 505. The highest BCUT2D eigenvalue weighted by atomic mass is 35.5. The van der Waals surface area contributed by atoms with E-state index in [4.69, 9.17) is 22.2 Å². The molecule has 0 aliphatic carbocycles. The third-order valence-corrected chi connectivity index (χ3v) is 2.47. The molecule has 0 saturated carbocycles. The molecule has 6 heteroatoms. The molecule has 17 heavy (non-hydrogen) atoms. The number of guanidine groups is 1. The number of hydrogen-bond donors (Lipinski definition) is 2. The predicted octanol–water partition coefficient (Wildman–Crippen LogP) is 1.51. The maximum absolute atomic E-state index is 5.91. The van der Waals surface area contributed by atoms with E-state index in [0.29, 0.717) is 16.8 Å². The number of aliphatic imine (C=N–C) groups is 2. The number of nitrogens with two attached hydrogens (primary N) is 1. The number of halogens is 1. The fourth-order valence-corrected chi connectivity index (χ4v) is 1.53. The molecule has 1 aromatic carbocycles. The number of hydrogen-bond acceptors (Lipinski definition) is 5. The first-order chi connectivity index (χ1) is 8.22. The van der Waals surface area contributed by atoms with Crippen molar-refractivity contribution in [1.82, 2.24) is 5.43 Å². The lowest BCUT2D eigenvalue weighted by molar-refractivity contribution is 0.415. The quantitative estimate of drug-likeness (QED) is 0.617. The van der Waals surface area contributed by atoms with Crippen LogP contribution in [0.5, 0.6) is 5.75 Å². The minimum atomic E-state index is 0.301. The minimum absolute atomic E-state index is 0.301. The van der Waals surface area contributed by atoms with Gasteiger partial charge in [0.15, 0.2) is 5.17 Å². The Hall–Kier alpha value is -1.85. The van der Waals surface area contributed by atoms with Crippen molar-refractivity contribution in [3.8, 4) is 5.75 Å². The summed E-state index contributed by atoms with van der Waals surface area (Å²) >= 11 is 5.91. The number of nitrogens with one attached hydrogen (secondary N) is 1. The van der Waals surface area contributed by atoms with Gasteiger partial charge in [0.25, 0.3) is 0 Å². The summed E-state index contributed by atoms with van der Waals surface area (Å²) < 4.78 is 5.07. The van der Waals surface area contributed by atoms with Crippen LogP contribution in [0.15, 0.2) is 39.9 Å². The molecule has 0 bridgehead atoms. The molecule has 0 atom stereocenters. The van der Waals surface area contributed by atoms with Crippen molar-refractivity contribution in [3.63, 3.8) is 0 Å². The van der Waals surface area contributed by atoms with Crippen molar-refractivity contribution in [3.05, 3.63) is 35.5 Å². The van der Waals surface area contributed by atoms with Crippen molar-refractivity contribution in [2.45, 2.75) is 0 Å². The maximum Gasteiger partial charge on any atom is 0.239 e. The van der Waals surface area contributed by atoms with Crippen LogP contribution >= 0.6 is 11.6 Å². The Kier molecular flexibility index (Phi) is 3.41. The number of methoxy groups -OCH3 is 1. The second-order valence-electron chi connectivity index (χ2n) is 3.29. The molecular weight excluding hydrogens is 240 g/mol. The first-order valence-electron chi connectivity index (χ1n) is 4.88. The lowest BCUT2D eigenvalue weighted by Crippen LogP contribution is -2.27. The first kappa shape index (κ1) is 11.6. The molecule has 0 aromatic heterocycles. The Morgan fingerprint density at radius 1 is 1.29 bits per heavy atom. The van der Waals surface area contributed by atoms with Crippen molar-refractivity contribution in [2.24, 2.45) is 15.8 Å². The van der Waals surface area contributed by atoms with Crippen LogP contribution in [0.1, 0.15) is 5.56 Å². The van der Waals surface area contributed by atoms with Crippen LogP contribution in [0, 0.1) is 0 Å². The van der Waals surface area contributed by atoms with Gasteiger partial charge in [-0.3, -0.25) is 5.43 Å². The number of ether oxygens (including phenoxy) is 1. The molecule has 1 aliphatic heterocycles. The average Bonchev–Trinajstić information content (AvgIpc) is 2.71. The Balaban J connectivity index is 2.25. The van der Waals surface area contributed by atoms with Crippen LogP contribution in [0.4, 0.5) is 0 Å². The van der Waals surface area contributed by atoms with Gasteiger partial charge in [0.2, 0.25) is 5.96 Å². The van der Waals surface area contributed by atoms with Gasteiger partial charge in [-0.2, -0.15) is 4.99 Å². The molecule has 0 spiro atoms. The predicted molar refractivity (Wildman–Crippen MR) is 69.0 cm³/mol. The summed E-state index contributed by atoms with van der Waals surface area (Å²) in [4.78, 5) is 8.02. The monoisotopic (exact) mass is 250 g/mol. The fourth-order valence-electron chi connectivity index (χ4n) is 1.35. The Labute approximate surface area is 104 Å². The molecule has 88 valence electrons. The van der Waals surface area contributed by atoms with E-state index in [9.17, 15) is 0 Å². The standard InChI is InChI=1S/C11H11ClN4O/c1-17-8-4-2-7(3-5-8)6-9-10(12)15-11(14-9)16-13/h2-6H,13H2,1H3,(H,14,16)/b9-6-. The molecule has 5 nitrogen and oxygen atoms in total. The lowest BCUT2D eigenvalue weighted by atomic mass is 10.2. The molecular formula is C11H11ClN4O. The van der Waals surface area contributed by atoms with Gasteiger partial charge in [0.1, 0.15) is 11.4 Å². The number of hydrazine groups is 1. The van der Waals surface area contributed by atoms with Crippen molar-refractivity contribution < 1.29 is 4.74 Å². The second kappa shape index (κ2) is 4.99. The molecule has 3 N–H and O–H groups in total. The average molecular weight is 251 g/mol. The summed E-state index contributed by atoms with van der Waals surface area (Å²) in [6.07, 6.45) is 1.82. The van der Waals surface area contributed by atoms with E-state index in [1.807, 2.05) is 30.3 Å². The third-order valence-electron chi connectivity index (χ3n) is 2.19. The largest absolute Gasteiger partial charge is 0.497 e. The van der Waals surface area contributed by atoms with Gasteiger partial charge in [0, 0.05) is 0 Å². The first-order valence-corrected chi connectivity index (χ1v) is 5.26. The van der Waals surface area contributed by atoms with E-state index in [0.717, 1.165) is 11.3 Å².